The SMILES string of the molecule is O=C(I)/C=C/c1ncc[nH]1. The second-order valence-corrected chi connectivity index (χ2v) is 2.68. The molecule has 1 rings (SSSR count). The average Bonchev–Trinajstić information content (AvgIpc) is 2.34. The van der Waals surface area contributed by atoms with Gasteiger partial charge in [0.2, 0.25) is 3.79 Å². The van der Waals surface area contributed by atoms with Crippen molar-refractivity contribution in [2.75, 3.05) is 0 Å². The van der Waals surface area contributed by atoms with Gasteiger partial charge in [-0.25, -0.2) is 4.98 Å². The molecule has 1 aromatic rings. The van der Waals surface area contributed by atoms with Crippen molar-refractivity contribution in [3.63, 3.8) is 0 Å². The predicted octanol–water partition coefficient (Wildman–Crippen LogP) is 1.38. The van der Waals surface area contributed by atoms with Crippen molar-refractivity contribution >= 4 is 32.5 Å². The summed E-state index contributed by atoms with van der Waals surface area (Å²) >= 11 is 1.70. The quantitative estimate of drug-likeness (QED) is 0.488. The predicted molar refractivity (Wildman–Crippen MR) is 46.6 cm³/mol. The van der Waals surface area contributed by atoms with Crippen molar-refractivity contribution in [1.29, 1.82) is 0 Å². The lowest BCUT2D eigenvalue weighted by Crippen LogP contribution is -1.76. The van der Waals surface area contributed by atoms with Crippen molar-refractivity contribution in [2.45, 2.75) is 0 Å². The Morgan fingerprint density at radius 2 is 2.60 bits per heavy atom. The largest absolute Gasteiger partial charge is 0.345 e. The molecule has 4 heteroatoms. The summed E-state index contributed by atoms with van der Waals surface area (Å²) in [5.74, 6) is 0.699. The van der Waals surface area contributed by atoms with Gasteiger partial charge in [-0.2, -0.15) is 0 Å². The number of imidazole rings is 1. The Hall–Kier alpha value is -0.650. The number of carbonyl (C=O) groups excluding carboxylic acids is 1. The molecule has 0 fully saturated rings. The van der Waals surface area contributed by atoms with Crippen LogP contribution >= 0.6 is 22.6 Å². The molecule has 3 nitrogen and oxygen atoms in total. The van der Waals surface area contributed by atoms with Crippen LogP contribution in [-0.4, -0.2) is 13.8 Å². The summed E-state index contributed by atoms with van der Waals surface area (Å²) in [5.41, 5.74) is 0. The van der Waals surface area contributed by atoms with Crippen LogP contribution in [0, 0.1) is 0 Å². The lowest BCUT2D eigenvalue weighted by atomic mass is 10.5. The maximum absolute atomic E-state index is 10.4. The number of aromatic nitrogens is 2. The summed E-state index contributed by atoms with van der Waals surface area (Å²) in [5, 5.41) is 0. The van der Waals surface area contributed by atoms with Crippen molar-refractivity contribution in [3.8, 4) is 0 Å². The Morgan fingerprint density at radius 3 is 3.10 bits per heavy atom. The topological polar surface area (TPSA) is 45.8 Å². The van der Waals surface area contributed by atoms with Gasteiger partial charge in [0.05, 0.1) is 0 Å². The normalized spacial score (nSPS) is 10.5. The van der Waals surface area contributed by atoms with Crippen LogP contribution in [0.1, 0.15) is 5.82 Å². The van der Waals surface area contributed by atoms with Gasteiger partial charge in [-0.1, -0.05) is 0 Å². The molecule has 0 saturated carbocycles. The minimum Gasteiger partial charge on any atom is -0.345 e. The molecule has 0 amide bonds. The van der Waals surface area contributed by atoms with Crippen LogP contribution < -0.4 is 0 Å². The molecule has 0 atom stereocenters. The Kier molecular flexibility index (Phi) is 2.61. The first-order chi connectivity index (χ1) is 4.79. The zero-order valence-electron chi connectivity index (χ0n) is 5.04. The molecule has 0 saturated heterocycles. The van der Waals surface area contributed by atoms with Gasteiger partial charge in [-0.15, -0.1) is 0 Å². The van der Waals surface area contributed by atoms with Crippen molar-refractivity contribution in [3.05, 3.63) is 24.3 Å². The van der Waals surface area contributed by atoms with E-state index in [0.717, 1.165) is 0 Å². The number of hydrogen-bond acceptors (Lipinski definition) is 2. The fraction of sp³-hybridized carbons (Fsp3) is 0. The van der Waals surface area contributed by atoms with E-state index in [1.807, 2.05) is 0 Å². The molecule has 10 heavy (non-hydrogen) atoms. The number of aromatic amines is 1. The zero-order chi connectivity index (χ0) is 7.40. The molecule has 0 bridgehead atoms. The smallest absolute Gasteiger partial charge is 0.215 e. The fourth-order valence-corrected chi connectivity index (χ4v) is 0.693. The monoisotopic (exact) mass is 248 g/mol. The number of carbonyl (C=O) groups is 1. The Morgan fingerprint density at radius 1 is 1.80 bits per heavy atom. The molecule has 1 heterocycles. The van der Waals surface area contributed by atoms with Gasteiger partial charge < -0.3 is 4.98 Å². The molecular formula is C6H5IN2O. The van der Waals surface area contributed by atoms with E-state index in [2.05, 4.69) is 9.97 Å². The Bertz CT molecular complexity index is 240. The standard InChI is InChI=1S/C6H5IN2O/c7-5(10)1-2-6-8-3-4-9-6/h1-4H,(H,8,9)/b2-1+. The number of nitrogens with one attached hydrogen (secondary N) is 1. The first kappa shape index (κ1) is 7.46. The first-order valence-corrected chi connectivity index (χ1v) is 3.74. The van der Waals surface area contributed by atoms with Crippen LogP contribution in [0.4, 0.5) is 0 Å². The summed E-state index contributed by atoms with van der Waals surface area (Å²) in [6.45, 7) is 0. The van der Waals surface area contributed by atoms with Gasteiger partial charge in [0.15, 0.2) is 0 Å². The van der Waals surface area contributed by atoms with Gasteiger partial charge in [-0.3, -0.25) is 4.79 Å². The minimum atomic E-state index is -0.00556. The summed E-state index contributed by atoms with van der Waals surface area (Å²) in [4.78, 5) is 17.1. The van der Waals surface area contributed by atoms with Crippen molar-refractivity contribution in [2.24, 2.45) is 0 Å². The maximum atomic E-state index is 10.4. The second kappa shape index (κ2) is 3.50. The summed E-state index contributed by atoms with van der Waals surface area (Å²) in [6.07, 6.45) is 6.43. The molecule has 0 aliphatic rings. The molecule has 1 N–H and O–H groups in total. The lowest BCUT2D eigenvalue weighted by molar-refractivity contribution is -0.105. The fourth-order valence-electron chi connectivity index (χ4n) is 0.513. The number of H-pyrrole nitrogens is 1. The highest BCUT2D eigenvalue weighted by molar-refractivity contribution is 14.1. The highest BCUT2D eigenvalue weighted by atomic mass is 127. The summed E-state index contributed by atoms with van der Waals surface area (Å²) in [7, 11) is 0. The van der Waals surface area contributed by atoms with Gasteiger partial charge >= 0.3 is 0 Å². The number of allylic oxidation sites excluding steroid dienone is 1. The van der Waals surface area contributed by atoms with Crippen LogP contribution in [0.5, 0.6) is 0 Å². The Balaban J connectivity index is 2.64. The summed E-state index contributed by atoms with van der Waals surface area (Å²) in [6, 6.07) is 0. The first-order valence-electron chi connectivity index (χ1n) is 2.66. The van der Waals surface area contributed by atoms with E-state index in [-0.39, 0.29) is 3.79 Å². The van der Waals surface area contributed by atoms with E-state index in [1.165, 1.54) is 6.08 Å². The lowest BCUT2D eigenvalue weighted by Gasteiger charge is -1.78. The molecule has 0 radical (unpaired) electrons. The third-order valence-electron chi connectivity index (χ3n) is 0.892. The molecule has 0 aliphatic carbocycles. The second-order valence-electron chi connectivity index (χ2n) is 1.61. The highest BCUT2D eigenvalue weighted by Crippen LogP contribution is 1.94. The molecule has 0 aliphatic heterocycles. The third-order valence-corrected chi connectivity index (χ3v) is 1.25. The summed E-state index contributed by atoms with van der Waals surface area (Å²) < 4.78 is -0.00556. The zero-order valence-corrected chi connectivity index (χ0v) is 7.20. The van der Waals surface area contributed by atoms with E-state index >= 15 is 0 Å². The number of halogens is 1. The Labute approximate surface area is 71.7 Å². The van der Waals surface area contributed by atoms with Crippen LogP contribution in [0.25, 0.3) is 6.08 Å². The molecule has 0 unspecified atom stereocenters. The van der Waals surface area contributed by atoms with Crippen LogP contribution in [0.3, 0.4) is 0 Å². The molecule has 52 valence electrons. The molecule has 0 spiro atoms. The number of nitrogens with zero attached hydrogens (tertiary/aromatic N) is 1. The van der Waals surface area contributed by atoms with E-state index in [1.54, 1.807) is 41.1 Å². The minimum absolute atomic E-state index is 0.00556. The van der Waals surface area contributed by atoms with E-state index in [0.29, 0.717) is 5.82 Å². The van der Waals surface area contributed by atoms with E-state index in [4.69, 9.17) is 0 Å². The van der Waals surface area contributed by atoms with Crippen molar-refractivity contribution in [1.82, 2.24) is 9.97 Å². The highest BCUT2D eigenvalue weighted by Gasteiger charge is 1.87. The molecule has 1 aromatic heterocycles. The van der Waals surface area contributed by atoms with Gasteiger partial charge in [0.1, 0.15) is 5.82 Å². The van der Waals surface area contributed by atoms with Crippen LogP contribution in [-0.2, 0) is 4.79 Å². The maximum Gasteiger partial charge on any atom is 0.215 e. The van der Waals surface area contributed by atoms with Gasteiger partial charge in [0.25, 0.3) is 0 Å². The number of rotatable bonds is 2. The number of hydrogen-bond donors (Lipinski definition) is 1. The average molecular weight is 248 g/mol. The third kappa shape index (κ3) is 2.30. The van der Waals surface area contributed by atoms with Crippen LogP contribution in [0.15, 0.2) is 18.5 Å². The molecule has 0 aromatic carbocycles. The van der Waals surface area contributed by atoms with Crippen LogP contribution in [0.2, 0.25) is 0 Å². The van der Waals surface area contributed by atoms with Gasteiger partial charge in [0, 0.05) is 35.0 Å². The van der Waals surface area contributed by atoms with E-state index in [9.17, 15) is 4.79 Å². The molecular weight excluding hydrogens is 243 g/mol. The van der Waals surface area contributed by atoms with E-state index < -0.39 is 0 Å². The van der Waals surface area contributed by atoms with Crippen molar-refractivity contribution < 1.29 is 4.79 Å². The van der Waals surface area contributed by atoms with Gasteiger partial charge in [-0.05, 0) is 12.2 Å².